The number of carbonyl (C=O) groups is 1. The molecule has 0 bridgehead atoms. The molecule has 0 radical (unpaired) electrons. The molecule has 0 saturated heterocycles. The van der Waals surface area contributed by atoms with Crippen LogP contribution >= 0.6 is 0 Å². The Bertz CT molecular complexity index is 1450. The Balaban J connectivity index is 1.63. The van der Waals surface area contributed by atoms with Crippen LogP contribution in [0.25, 0.3) is 11.0 Å². The van der Waals surface area contributed by atoms with Gasteiger partial charge in [0.15, 0.2) is 5.52 Å². The molecule has 0 aliphatic rings. The third-order valence-corrected chi connectivity index (χ3v) is 4.72. The monoisotopic (exact) mass is 471 g/mol. The average Bonchev–Trinajstić information content (AvgIpc) is 2.80. The van der Waals surface area contributed by atoms with Crippen molar-refractivity contribution in [3.8, 4) is 5.75 Å². The lowest BCUT2D eigenvalue weighted by molar-refractivity contribution is -0.274. The van der Waals surface area contributed by atoms with Gasteiger partial charge in [-0.05, 0) is 48.0 Å². The lowest BCUT2D eigenvalue weighted by Crippen LogP contribution is -2.42. The minimum Gasteiger partial charge on any atom is -0.406 e. The van der Waals surface area contributed by atoms with E-state index in [0.29, 0.717) is 5.56 Å². The fourth-order valence-electron chi connectivity index (χ4n) is 3.29. The van der Waals surface area contributed by atoms with Crippen LogP contribution in [0.3, 0.4) is 0 Å². The smallest absolute Gasteiger partial charge is 0.406 e. The van der Waals surface area contributed by atoms with Crippen LogP contribution in [0.1, 0.15) is 5.56 Å². The number of aromatic nitrogens is 4. The fourth-order valence-corrected chi connectivity index (χ4v) is 3.29. The Labute approximate surface area is 189 Å². The topological polar surface area (TPSA) is 108 Å². The molecular formula is C22H16F3N5O4. The largest absolute Gasteiger partial charge is 0.573 e. The van der Waals surface area contributed by atoms with Gasteiger partial charge in [-0.25, -0.2) is 9.78 Å². The van der Waals surface area contributed by atoms with Crippen molar-refractivity contribution in [3.63, 3.8) is 0 Å². The second kappa shape index (κ2) is 9.17. The number of amides is 1. The minimum absolute atomic E-state index is 0.00689. The first-order chi connectivity index (χ1) is 16.2. The number of pyridine rings is 2. The minimum atomic E-state index is -4.83. The van der Waals surface area contributed by atoms with E-state index in [0.717, 1.165) is 21.3 Å². The van der Waals surface area contributed by atoms with Gasteiger partial charge in [0.1, 0.15) is 12.3 Å². The Morgan fingerprint density at radius 3 is 2.41 bits per heavy atom. The van der Waals surface area contributed by atoms with Gasteiger partial charge in [-0.3, -0.25) is 23.7 Å². The summed E-state index contributed by atoms with van der Waals surface area (Å²) in [6, 6.07) is 10.9. The van der Waals surface area contributed by atoms with Crippen LogP contribution < -0.4 is 21.3 Å². The summed E-state index contributed by atoms with van der Waals surface area (Å²) in [5.41, 5.74) is -0.357. The van der Waals surface area contributed by atoms with Crippen LogP contribution in [0, 0.1) is 0 Å². The molecule has 4 rings (SSSR count). The maximum Gasteiger partial charge on any atom is 0.573 e. The van der Waals surface area contributed by atoms with E-state index in [2.05, 4.69) is 20.0 Å². The summed E-state index contributed by atoms with van der Waals surface area (Å²) < 4.78 is 42.8. The predicted octanol–water partition coefficient (Wildman–Crippen LogP) is 2.54. The number of ether oxygens (including phenoxy) is 1. The van der Waals surface area contributed by atoms with Gasteiger partial charge in [-0.15, -0.1) is 13.2 Å². The highest BCUT2D eigenvalue weighted by atomic mass is 19.4. The van der Waals surface area contributed by atoms with Crippen LogP contribution in [-0.4, -0.2) is 31.4 Å². The molecule has 12 heteroatoms. The number of benzene rings is 1. The highest BCUT2D eigenvalue weighted by Gasteiger charge is 2.31. The summed E-state index contributed by atoms with van der Waals surface area (Å²) in [7, 11) is 0. The van der Waals surface area contributed by atoms with Gasteiger partial charge in [0.25, 0.3) is 5.56 Å². The van der Waals surface area contributed by atoms with E-state index in [-0.39, 0.29) is 23.3 Å². The van der Waals surface area contributed by atoms with Gasteiger partial charge >= 0.3 is 12.1 Å². The molecule has 0 aliphatic carbocycles. The standard InChI is InChI=1S/C22H16F3N5O4/c23-22(24,25)34-16-7-5-15(6-8-16)28-18(31)13-29-17-4-2-10-27-19(17)20(32)30(21(29)33)12-14-3-1-9-26-11-14/h1-11H,12-13H2,(H,28,31). The molecule has 0 fully saturated rings. The van der Waals surface area contributed by atoms with Gasteiger partial charge in [0.05, 0.1) is 12.1 Å². The quantitative estimate of drug-likeness (QED) is 0.463. The van der Waals surface area contributed by atoms with E-state index in [1.807, 2.05) is 0 Å². The molecule has 0 aliphatic heterocycles. The SMILES string of the molecule is O=C(Cn1c(=O)n(Cc2cccnc2)c(=O)c2ncccc21)Nc1ccc(OC(F)(F)F)cc1. The normalized spacial score (nSPS) is 11.4. The van der Waals surface area contributed by atoms with Crippen LogP contribution in [0.5, 0.6) is 5.75 Å². The number of hydrogen-bond acceptors (Lipinski definition) is 6. The summed E-state index contributed by atoms with van der Waals surface area (Å²) in [6.45, 7) is -0.532. The maximum atomic E-state index is 13.1. The van der Waals surface area contributed by atoms with Crippen molar-refractivity contribution in [1.29, 1.82) is 0 Å². The van der Waals surface area contributed by atoms with E-state index in [9.17, 15) is 27.6 Å². The number of carbonyl (C=O) groups excluding carboxylic acids is 1. The lowest BCUT2D eigenvalue weighted by atomic mass is 10.2. The second-order valence-electron chi connectivity index (χ2n) is 7.11. The van der Waals surface area contributed by atoms with Crippen molar-refractivity contribution in [1.82, 2.24) is 19.1 Å². The number of nitrogens with zero attached hydrogens (tertiary/aromatic N) is 4. The van der Waals surface area contributed by atoms with E-state index in [1.54, 1.807) is 18.3 Å². The molecule has 0 spiro atoms. The summed E-state index contributed by atoms with van der Waals surface area (Å²) in [4.78, 5) is 46.7. The first kappa shape index (κ1) is 22.7. The number of alkyl halides is 3. The van der Waals surface area contributed by atoms with Gasteiger partial charge in [-0.2, -0.15) is 0 Å². The third kappa shape index (κ3) is 5.11. The van der Waals surface area contributed by atoms with Crippen molar-refractivity contribution >= 4 is 22.6 Å². The zero-order valence-electron chi connectivity index (χ0n) is 17.3. The van der Waals surface area contributed by atoms with Crippen molar-refractivity contribution in [2.24, 2.45) is 0 Å². The van der Waals surface area contributed by atoms with E-state index in [4.69, 9.17) is 0 Å². The molecule has 0 saturated carbocycles. The van der Waals surface area contributed by atoms with Gasteiger partial charge in [-0.1, -0.05) is 6.07 Å². The first-order valence-corrected chi connectivity index (χ1v) is 9.84. The van der Waals surface area contributed by atoms with Gasteiger partial charge in [0, 0.05) is 24.3 Å². The zero-order valence-corrected chi connectivity index (χ0v) is 17.3. The second-order valence-corrected chi connectivity index (χ2v) is 7.11. The first-order valence-electron chi connectivity index (χ1n) is 9.84. The summed E-state index contributed by atoms with van der Waals surface area (Å²) in [6.07, 6.45) is -0.367. The molecule has 0 atom stereocenters. The number of hydrogen-bond donors (Lipinski definition) is 1. The molecule has 1 aromatic carbocycles. The number of halogens is 3. The van der Waals surface area contributed by atoms with Crippen molar-refractivity contribution in [3.05, 3.63) is 93.5 Å². The Morgan fingerprint density at radius 1 is 1.00 bits per heavy atom. The van der Waals surface area contributed by atoms with Crippen LogP contribution in [0.15, 0.2) is 76.7 Å². The van der Waals surface area contributed by atoms with Crippen LogP contribution in [-0.2, 0) is 17.9 Å². The number of nitrogens with one attached hydrogen (secondary N) is 1. The van der Waals surface area contributed by atoms with Crippen LogP contribution in [0.4, 0.5) is 18.9 Å². The third-order valence-electron chi connectivity index (χ3n) is 4.72. The molecule has 174 valence electrons. The van der Waals surface area contributed by atoms with Gasteiger partial charge < -0.3 is 10.1 Å². The Kier molecular flexibility index (Phi) is 6.13. The predicted molar refractivity (Wildman–Crippen MR) is 115 cm³/mol. The van der Waals surface area contributed by atoms with Gasteiger partial charge in [0.2, 0.25) is 5.91 Å². The number of rotatable bonds is 6. The molecule has 0 unspecified atom stereocenters. The zero-order chi connectivity index (χ0) is 24.3. The summed E-state index contributed by atoms with van der Waals surface area (Å²) in [5.74, 6) is -1.08. The Morgan fingerprint density at radius 2 is 1.74 bits per heavy atom. The van der Waals surface area contributed by atoms with E-state index >= 15 is 0 Å². The molecule has 3 heterocycles. The number of fused-ring (bicyclic) bond motifs is 1. The highest BCUT2D eigenvalue weighted by Crippen LogP contribution is 2.24. The molecular weight excluding hydrogens is 455 g/mol. The lowest BCUT2D eigenvalue weighted by Gasteiger charge is -2.14. The van der Waals surface area contributed by atoms with E-state index < -0.39 is 35.8 Å². The molecule has 4 aromatic rings. The summed E-state index contributed by atoms with van der Waals surface area (Å²) in [5, 5.41) is 2.50. The molecule has 1 N–H and O–H groups in total. The number of anilines is 1. The maximum absolute atomic E-state index is 13.1. The molecule has 9 nitrogen and oxygen atoms in total. The van der Waals surface area contributed by atoms with Crippen molar-refractivity contribution < 1.29 is 22.7 Å². The summed E-state index contributed by atoms with van der Waals surface area (Å²) >= 11 is 0. The average molecular weight is 471 g/mol. The molecule has 1 amide bonds. The highest BCUT2D eigenvalue weighted by molar-refractivity contribution is 5.91. The van der Waals surface area contributed by atoms with Crippen LogP contribution in [0.2, 0.25) is 0 Å². The fraction of sp³-hybridized carbons (Fsp3) is 0.136. The molecule has 34 heavy (non-hydrogen) atoms. The van der Waals surface area contributed by atoms with E-state index in [1.165, 1.54) is 36.7 Å². The Hall–Kier alpha value is -4.48. The molecule has 3 aromatic heterocycles. The van der Waals surface area contributed by atoms with Crippen molar-refractivity contribution in [2.45, 2.75) is 19.5 Å². The van der Waals surface area contributed by atoms with Crippen molar-refractivity contribution in [2.75, 3.05) is 5.32 Å².